The van der Waals surface area contributed by atoms with Gasteiger partial charge >= 0.3 is 0 Å². The summed E-state index contributed by atoms with van der Waals surface area (Å²) in [5.74, 6) is 0.557. The Bertz CT molecular complexity index is 464. The lowest BCUT2D eigenvalue weighted by atomic mass is 9.89. The van der Waals surface area contributed by atoms with Gasteiger partial charge in [-0.1, -0.05) is 37.3 Å². The van der Waals surface area contributed by atoms with Crippen molar-refractivity contribution < 1.29 is 9.52 Å². The fourth-order valence-electron chi connectivity index (χ4n) is 1.80. The first-order valence-electron chi connectivity index (χ1n) is 5.20. The van der Waals surface area contributed by atoms with Gasteiger partial charge in [0, 0.05) is 0 Å². The van der Waals surface area contributed by atoms with Crippen LogP contribution in [0.15, 0.2) is 51.6 Å². The van der Waals surface area contributed by atoms with Gasteiger partial charge < -0.3 is 9.52 Å². The van der Waals surface area contributed by atoms with Crippen LogP contribution < -0.4 is 0 Å². The summed E-state index contributed by atoms with van der Waals surface area (Å²) in [7, 11) is 0. The topological polar surface area (TPSA) is 33.4 Å². The van der Waals surface area contributed by atoms with E-state index in [4.69, 9.17) is 4.42 Å². The van der Waals surface area contributed by atoms with E-state index in [0.29, 0.717) is 12.2 Å². The molecule has 0 spiro atoms. The predicted octanol–water partition coefficient (Wildman–Crippen LogP) is 3.69. The van der Waals surface area contributed by atoms with Gasteiger partial charge in [0.25, 0.3) is 0 Å². The van der Waals surface area contributed by atoms with Gasteiger partial charge in [-0.2, -0.15) is 0 Å². The number of furan rings is 1. The zero-order chi connectivity index (χ0) is 11.6. The first-order valence-corrected chi connectivity index (χ1v) is 5.99. The molecular formula is C13H13BrO2. The van der Waals surface area contributed by atoms with Gasteiger partial charge in [0.05, 0.1) is 10.7 Å². The summed E-state index contributed by atoms with van der Waals surface area (Å²) in [5.41, 5.74) is -0.225. The van der Waals surface area contributed by atoms with E-state index in [0.717, 1.165) is 10.0 Å². The third kappa shape index (κ3) is 1.81. The molecule has 0 amide bonds. The van der Waals surface area contributed by atoms with E-state index in [-0.39, 0.29) is 0 Å². The quantitative estimate of drug-likeness (QED) is 0.930. The minimum Gasteiger partial charge on any atom is -0.465 e. The summed E-state index contributed by atoms with van der Waals surface area (Å²) in [5, 5.41) is 10.7. The van der Waals surface area contributed by atoms with Crippen molar-refractivity contribution in [1.29, 1.82) is 0 Å². The van der Waals surface area contributed by atoms with E-state index in [2.05, 4.69) is 15.9 Å². The van der Waals surface area contributed by atoms with Gasteiger partial charge in [0.1, 0.15) is 5.60 Å². The van der Waals surface area contributed by atoms with Crippen molar-refractivity contribution in [1.82, 2.24) is 0 Å². The first kappa shape index (κ1) is 11.4. The summed E-state index contributed by atoms with van der Waals surface area (Å²) >= 11 is 3.39. The summed E-state index contributed by atoms with van der Waals surface area (Å²) < 4.78 is 6.17. The highest BCUT2D eigenvalue weighted by atomic mass is 79.9. The summed E-state index contributed by atoms with van der Waals surface area (Å²) in [6.45, 7) is 1.93. The van der Waals surface area contributed by atoms with Crippen LogP contribution in [0.25, 0.3) is 0 Å². The Morgan fingerprint density at radius 3 is 2.44 bits per heavy atom. The van der Waals surface area contributed by atoms with Gasteiger partial charge in [-0.05, 0) is 34.0 Å². The number of hydrogen-bond donors (Lipinski definition) is 1. The lowest BCUT2D eigenvalue weighted by Gasteiger charge is -2.25. The van der Waals surface area contributed by atoms with E-state index in [1.165, 1.54) is 0 Å². The molecule has 16 heavy (non-hydrogen) atoms. The Hall–Kier alpha value is -1.06. The molecule has 0 aliphatic carbocycles. The average molecular weight is 281 g/mol. The van der Waals surface area contributed by atoms with Crippen LogP contribution in [0.2, 0.25) is 0 Å². The van der Waals surface area contributed by atoms with Gasteiger partial charge in [0.15, 0.2) is 5.76 Å². The predicted molar refractivity (Wildman–Crippen MR) is 66.1 cm³/mol. The zero-order valence-electron chi connectivity index (χ0n) is 8.98. The first-order chi connectivity index (χ1) is 7.68. The molecule has 1 aromatic carbocycles. The number of benzene rings is 1. The van der Waals surface area contributed by atoms with Crippen molar-refractivity contribution in [3.05, 3.63) is 58.5 Å². The van der Waals surface area contributed by atoms with Crippen molar-refractivity contribution in [3.63, 3.8) is 0 Å². The third-order valence-corrected chi connectivity index (χ3v) is 3.38. The van der Waals surface area contributed by atoms with Crippen molar-refractivity contribution >= 4 is 15.9 Å². The van der Waals surface area contributed by atoms with E-state index in [1.807, 2.05) is 37.3 Å². The normalized spacial score (nSPS) is 14.7. The van der Waals surface area contributed by atoms with Crippen LogP contribution in [-0.2, 0) is 5.60 Å². The van der Waals surface area contributed by atoms with Crippen LogP contribution in [-0.4, -0.2) is 5.11 Å². The maximum atomic E-state index is 10.7. The maximum absolute atomic E-state index is 10.7. The minimum atomic E-state index is -1.07. The molecule has 1 atom stereocenters. The molecule has 1 N–H and O–H groups in total. The van der Waals surface area contributed by atoms with Crippen molar-refractivity contribution in [3.8, 4) is 0 Å². The molecule has 84 valence electrons. The fourth-order valence-corrected chi connectivity index (χ4v) is 2.33. The maximum Gasteiger partial charge on any atom is 0.154 e. The van der Waals surface area contributed by atoms with Gasteiger partial charge in [-0.15, -0.1) is 0 Å². The fraction of sp³-hybridized carbons (Fsp3) is 0.231. The van der Waals surface area contributed by atoms with E-state index >= 15 is 0 Å². The molecule has 0 radical (unpaired) electrons. The Labute approximate surface area is 103 Å². The molecule has 1 unspecified atom stereocenters. The highest BCUT2D eigenvalue weighted by Crippen LogP contribution is 2.37. The molecule has 0 aliphatic heterocycles. The van der Waals surface area contributed by atoms with Crippen molar-refractivity contribution in [2.75, 3.05) is 0 Å². The van der Waals surface area contributed by atoms with Gasteiger partial charge in [0.2, 0.25) is 0 Å². The molecule has 0 fully saturated rings. The van der Waals surface area contributed by atoms with Crippen LogP contribution in [0.5, 0.6) is 0 Å². The summed E-state index contributed by atoms with van der Waals surface area (Å²) in [4.78, 5) is 0. The van der Waals surface area contributed by atoms with E-state index < -0.39 is 5.60 Å². The molecule has 1 heterocycles. The Balaban J connectivity index is 2.53. The van der Waals surface area contributed by atoms with Crippen molar-refractivity contribution in [2.45, 2.75) is 18.9 Å². The highest BCUT2D eigenvalue weighted by molar-refractivity contribution is 9.10. The van der Waals surface area contributed by atoms with Crippen LogP contribution >= 0.6 is 15.9 Å². The second-order valence-corrected chi connectivity index (χ2v) is 4.53. The molecule has 1 aromatic heterocycles. The molecule has 2 rings (SSSR count). The number of halogens is 1. The number of hydrogen-bond acceptors (Lipinski definition) is 2. The lowest BCUT2D eigenvalue weighted by Crippen LogP contribution is -2.25. The second kappa shape index (κ2) is 4.44. The Morgan fingerprint density at radius 2 is 1.94 bits per heavy atom. The Kier molecular flexibility index (Phi) is 3.17. The van der Waals surface area contributed by atoms with Crippen LogP contribution in [0.3, 0.4) is 0 Å². The average Bonchev–Trinajstić information content (AvgIpc) is 2.76. The minimum absolute atomic E-state index is 0.557. The second-order valence-electron chi connectivity index (χ2n) is 3.68. The largest absolute Gasteiger partial charge is 0.465 e. The highest BCUT2D eigenvalue weighted by Gasteiger charge is 2.34. The summed E-state index contributed by atoms with van der Waals surface area (Å²) in [6.07, 6.45) is 2.13. The third-order valence-electron chi connectivity index (χ3n) is 2.76. The van der Waals surface area contributed by atoms with Crippen LogP contribution in [0.1, 0.15) is 24.7 Å². The van der Waals surface area contributed by atoms with Crippen molar-refractivity contribution in [2.24, 2.45) is 0 Å². The number of aliphatic hydroxyl groups is 1. The van der Waals surface area contributed by atoms with Crippen LogP contribution in [0, 0.1) is 0 Å². The lowest BCUT2D eigenvalue weighted by molar-refractivity contribution is 0.0518. The van der Waals surface area contributed by atoms with E-state index in [1.54, 1.807) is 12.3 Å². The molecular weight excluding hydrogens is 268 g/mol. The molecule has 0 aliphatic rings. The zero-order valence-corrected chi connectivity index (χ0v) is 10.6. The molecule has 2 nitrogen and oxygen atoms in total. The summed E-state index contributed by atoms with van der Waals surface area (Å²) in [6, 6.07) is 11.3. The molecule has 0 saturated carbocycles. The smallest absolute Gasteiger partial charge is 0.154 e. The van der Waals surface area contributed by atoms with Gasteiger partial charge in [-0.25, -0.2) is 0 Å². The standard InChI is InChI=1S/C13H13BrO2/c1-2-13(15,10-6-4-3-5-7-10)12-11(14)8-9-16-12/h3-9,15H,2H2,1H3. The monoisotopic (exact) mass is 280 g/mol. The molecule has 2 aromatic rings. The van der Waals surface area contributed by atoms with Gasteiger partial charge in [-0.3, -0.25) is 0 Å². The Morgan fingerprint density at radius 1 is 1.25 bits per heavy atom. The molecule has 3 heteroatoms. The molecule has 0 bridgehead atoms. The SMILES string of the molecule is CCC(O)(c1ccccc1)c1occc1Br. The number of rotatable bonds is 3. The molecule has 0 saturated heterocycles. The van der Waals surface area contributed by atoms with Crippen LogP contribution in [0.4, 0.5) is 0 Å². The van der Waals surface area contributed by atoms with E-state index in [9.17, 15) is 5.11 Å².